The van der Waals surface area contributed by atoms with Crippen molar-refractivity contribution in [1.82, 2.24) is 19.8 Å². The molecular weight excluding hydrogens is 420 g/mol. The minimum atomic E-state index is -0.336. The van der Waals surface area contributed by atoms with Crippen molar-refractivity contribution >= 4 is 45.3 Å². The molecule has 3 aliphatic rings. The van der Waals surface area contributed by atoms with E-state index in [1.807, 2.05) is 4.57 Å². The number of imide groups is 1. The zero-order chi connectivity index (χ0) is 20.8. The molecule has 7 nitrogen and oxygen atoms in total. The van der Waals surface area contributed by atoms with Crippen LogP contribution in [-0.4, -0.2) is 45.2 Å². The van der Waals surface area contributed by atoms with E-state index in [9.17, 15) is 14.4 Å². The second-order valence-electron chi connectivity index (χ2n) is 8.61. The second kappa shape index (κ2) is 8.00. The van der Waals surface area contributed by atoms with Crippen molar-refractivity contribution in [3.63, 3.8) is 0 Å². The SMILES string of the molecule is CC1CCc2c(sc3nc(SCC(=O)N4CCNC4=O)n(C4CCCC4)c(=O)c23)C1. The number of hydrogen-bond acceptors (Lipinski definition) is 6. The first-order valence-electron chi connectivity index (χ1n) is 10.8. The summed E-state index contributed by atoms with van der Waals surface area (Å²) in [5, 5.41) is 4.09. The first-order valence-corrected chi connectivity index (χ1v) is 12.6. The molecule has 9 heteroatoms. The Kier molecular flexibility index (Phi) is 5.35. The molecule has 2 aromatic heterocycles. The maximum atomic E-state index is 13.7. The summed E-state index contributed by atoms with van der Waals surface area (Å²) in [6.45, 7) is 3.15. The molecule has 2 fully saturated rings. The molecule has 1 saturated heterocycles. The van der Waals surface area contributed by atoms with E-state index in [2.05, 4.69) is 12.2 Å². The summed E-state index contributed by atoms with van der Waals surface area (Å²) < 4.78 is 1.86. The van der Waals surface area contributed by atoms with Crippen molar-refractivity contribution in [2.45, 2.75) is 63.1 Å². The smallest absolute Gasteiger partial charge is 0.324 e. The highest BCUT2D eigenvalue weighted by Gasteiger charge is 2.30. The van der Waals surface area contributed by atoms with Crippen LogP contribution in [0.25, 0.3) is 10.2 Å². The third-order valence-electron chi connectivity index (χ3n) is 6.50. The molecule has 0 bridgehead atoms. The van der Waals surface area contributed by atoms with Gasteiger partial charge in [-0.1, -0.05) is 31.5 Å². The Hall–Kier alpha value is -1.87. The van der Waals surface area contributed by atoms with Crippen LogP contribution < -0.4 is 10.9 Å². The van der Waals surface area contributed by atoms with Crippen molar-refractivity contribution in [3.8, 4) is 0 Å². The number of hydrogen-bond donors (Lipinski definition) is 1. The molecule has 3 heterocycles. The molecule has 0 spiro atoms. The number of carbonyl (C=O) groups excluding carboxylic acids is 2. The molecule has 0 radical (unpaired) electrons. The van der Waals surface area contributed by atoms with Gasteiger partial charge in [0.05, 0.1) is 11.1 Å². The number of amides is 3. The van der Waals surface area contributed by atoms with Gasteiger partial charge >= 0.3 is 6.03 Å². The molecule has 3 amide bonds. The fraction of sp³-hybridized carbons (Fsp3) is 0.619. The summed E-state index contributed by atoms with van der Waals surface area (Å²) in [5.41, 5.74) is 1.27. The van der Waals surface area contributed by atoms with Crippen LogP contribution in [0.1, 0.15) is 55.5 Å². The Bertz CT molecular complexity index is 1070. The predicted octanol–water partition coefficient (Wildman–Crippen LogP) is 3.34. The van der Waals surface area contributed by atoms with E-state index in [4.69, 9.17) is 4.98 Å². The molecule has 2 aliphatic carbocycles. The summed E-state index contributed by atoms with van der Waals surface area (Å²) in [6, 6.07) is -0.183. The van der Waals surface area contributed by atoms with Gasteiger partial charge in [-0.3, -0.25) is 19.1 Å². The van der Waals surface area contributed by atoms with E-state index in [1.165, 1.54) is 27.1 Å². The van der Waals surface area contributed by atoms with Crippen LogP contribution in [0.15, 0.2) is 9.95 Å². The van der Waals surface area contributed by atoms with Gasteiger partial charge in [-0.2, -0.15) is 0 Å². The topological polar surface area (TPSA) is 84.3 Å². The van der Waals surface area contributed by atoms with Crippen LogP contribution in [-0.2, 0) is 17.6 Å². The number of aryl methyl sites for hydroxylation is 1. The largest absolute Gasteiger partial charge is 0.336 e. The van der Waals surface area contributed by atoms with Crippen LogP contribution in [0.5, 0.6) is 0 Å². The highest BCUT2D eigenvalue weighted by atomic mass is 32.2. The van der Waals surface area contributed by atoms with Crippen molar-refractivity contribution in [2.24, 2.45) is 5.92 Å². The van der Waals surface area contributed by atoms with Gasteiger partial charge in [0.15, 0.2) is 5.16 Å². The number of thiophene rings is 1. The summed E-state index contributed by atoms with van der Waals surface area (Å²) in [5.74, 6) is 0.516. The number of urea groups is 1. The Labute approximate surface area is 183 Å². The van der Waals surface area contributed by atoms with E-state index < -0.39 is 0 Å². The van der Waals surface area contributed by atoms with Crippen LogP contribution >= 0.6 is 23.1 Å². The lowest BCUT2D eigenvalue weighted by Crippen LogP contribution is -2.35. The number of rotatable bonds is 4. The zero-order valence-corrected chi connectivity index (χ0v) is 18.7. The number of fused-ring (bicyclic) bond motifs is 3. The lowest BCUT2D eigenvalue weighted by molar-refractivity contribution is -0.124. The van der Waals surface area contributed by atoms with Crippen LogP contribution in [0.4, 0.5) is 4.79 Å². The molecule has 1 saturated carbocycles. The normalized spacial score (nSPS) is 22.0. The van der Waals surface area contributed by atoms with Crippen LogP contribution in [0.2, 0.25) is 0 Å². The van der Waals surface area contributed by atoms with Crippen molar-refractivity contribution in [2.75, 3.05) is 18.8 Å². The summed E-state index contributed by atoms with van der Waals surface area (Å²) in [4.78, 5) is 46.2. The lowest BCUT2D eigenvalue weighted by Gasteiger charge is -2.20. The van der Waals surface area contributed by atoms with E-state index in [-0.39, 0.29) is 29.3 Å². The van der Waals surface area contributed by atoms with Gasteiger partial charge < -0.3 is 5.32 Å². The molecule has 0 aromatic carbocycles. The van der Waals surface area contributed by atoms with Crippen molar-refractivity contribution in [3.05, 3.63) is 20.8 Å². The Balaban J connectivity index is 1.53. The number of nitrogens with one attached hydrogen (secondary N) is 1. The lowest BCUT2D eigenvalue weighted by atomic mass is 9.89. The average molecular weight is 447 g/mol. The minimum Gasteiger partial charge on any atom is -0.336 e. The minimum absolute atomic E-state index is 0.0628. The predicted molar refractivity (Wildman–Crippen MR) is 118 cm³/mol. The van der Waals surface area contributed by atoms with Gasteiger partial charge in [-0.05, 0) is 43.6 Å². The number of nitrogens with zero attached hydrogens (tertiary/aromatic N) is 3. The molecule has 1 aliphatic heterocycles. The molecule has 1 atom stereocenters. The monoisotopic (exact) mass is 446 g/mol. The maximum absolute atomic E-state index is 13.7. The molecule has 1 unspecified atom stereocenters. The molecule has 5 rings (SSSR count). The van der Waals surface area contributed by atoms with Crippen LogP contribution in [0, 0.1) is 5.92 Å². The molecule has 2 aromatic rings. The van der Waals surface area contributed by atoms with Crippen molar-refractivity contribution in [1.29, 1.82) is 0 Å². The number of thioether (sulfide) groups is 1. The highest BCUT2D eigenvalue weighted by Crippen LogP contribution is 2.38. The zero-order valence-electron chi connectivity index (χ0n) is 17.1. The van der Waals surface area contributed by atoms with Crippen LogP contribution in [0.3, 0.4) is 0 Å². The van der Waals surface area contributed by atoms with E-state index in [0.29, 0.717) is 24.2 Å². The molecule has 160 valence electrons. The summed E-state index contributed by atoms with van der Waals surface area (Å²) in [6.07, 6.45) is 7.28. The molecule has 1 N–H and O–H groups in total. The molecule has 30 heavy (non-hydrogen) atoms. The van der Waals surface area contributed by atoms with Gasteiger partial charge in [0, 0.05) is 24.0 Å². The van der Waals surface area contributed by atoms with Gasteiger partial charge in [0.2, 0.25) is 5.91 Å². The highest BCUT2D eigenvalue weighted by molar-refractivity contribution is 7.99. The maximum Gasteiger partial charge on any atom is 0.324 e. The Morgan fingerprint density at radius 2 is 2.07 bits per heavy atom. The standard InChI is InChI=1S/C21H26N4O3S2/c1-12-6-7-14-15(10-12)30-18-17(14)19(27)25(13-4-2-3-5-13)21(23-18)29-11-16(26)24-9-8-22-20(24)28/h12-13H,2-11H2,1H3,(H,22,28). The number of aromatic nitrogens is 2. The van der Waals surface area contributed by atoms with Gasteiger partial charge in [-0.15, -0.1) is 11.3 Å². The first-order chi connectivity index (χ1) is 14.5. The first kappa shape index (κ1) is 20.1. The third-order valence-corrected chi connectivity index (χ3v) is 8.59. The van der Waals surface area contributed by atoms with E-state index >= 15 is 0 Å². The summed E-state index contributed by atoms with van der Waals surface area (Å²) >= 11 is 2.94. The summed E-state index contributed by atoms with van der Waals surface area (Å²) in [7, 11) is 0. The quantitative estimate of drug-likeness (QED) is 0.575. The fourth-order valence-electron chi connectivity index (χ4n) is 4.88. The van der Waals surface area contributed by atoms with Gasteiger partial charge in [0.1, 0.15) is 4.83 Å². The Morgan fingerprint density at radius 1 is 1.27 bits per heavy atom. The van der Waals surface area contributed by atoms with Gasteiger partial charge in [0.25, 0.3) is 5.56 Å². The fourth-order valence-corrected chi connectivity index (χ4v) is 7.25. The molecular formula is C21H26N4O3S2. The van der Waals surface area contributed by atoms with Crippen molar-refractivity contribution < 1.29 is 9.59 Å². The van der Waals surface area contributed by atoms with Gasteiger partial charge in [-0.25, -0.2) is 9.78 Å². The third kappa shape index (κ3) is 3.45. The average Bonchev–Trinajstić information content (AvgIpc) is 3.45. The van der Waals surface area contributed by atoms with E-state index in [1.54, 1.807) is 11.3 Å². The number of carbonyl (C=O) groups is 2. The second-order valence-corrected chi connectivity index (χ2v) is 10.6. The van der Waals surface area contributed by atoms with E-state index in [0.717, 1.165) is 55.2 Å². The Morgan fingerprint density at radius 3 is 2.80 bits per heavy atom.